The Morgan fingerprint density at radius 2 is 1.65 bits per heavy atom. The van der Waals surface area contributed by atoms with E-state index in [1.165, 1.54) is 0 Å². The minimum absolute atomic E-state index is 0.0553. The van der Waals surface area contributed by atoms with E-state index in [9.17, 15) is 21.6 Å². The summed E-state index contributed by atoms with van der Waals surface area (Å²) in [6.45, 7) is 3.07. The van der Waals surface area contributed by atoms with Gasteiger partial charge >= 0.3 is 0 Å². The van der Waals surface area contributed by atoms with E-state index >= 15 is 0 Å². The van der Waals surface area contributed by atoms with Crippen molar-refractivity contribution in [2.45, 2.75) is 18.4 Å². The summed E-state index contributed by atoms with van der Waals surface area (Å²) in [5.41, 5.74) is 1.94. The van der Waals surface area contributed by atoms with Crippen LogP contribution >= 0.6 is 0 Å². The second-order valence-corrected chi connectivity index (χ2v) is 9.14. The lowest BCUT2D eigenvalue weighted by atomic mass is 10.1. The quantitative estimate of drug-likeness (QED) is 0.554. The Bertz CT molecular complexity index is 1190. The summed E-state index contributed by atoms with van der Waals surface area (Å²) < 4.78 is 72.2. The lowest BCUT2D eigenvalue weighted by Gasteiger charge is -2.33. The molecule has 1 saturated heterocycles. The van der Waals surface area contributed by atoms with Crippen molar-refractivity contribution in [2.75, 3.05) is 26.2 Å². The van der Waals surface area contributed by atoms with E-state index in [0.29, 0.717) is 37.4 Å². The maximum atomic E-state index is 14.0. The molecule has 0 unspecified atom stereocenters. The van der Waals surface area contributed by atoms with Gasteiger partial charge < -0.3 is 4.52 Å². The van der Waals surface area contributed by atoms with Crippen LogP contribution in [0.15, 0.2) is 45.8 Å². The summed E-state index contributed by atoms with van der Waals surface area (Å²) in [6, 6.07) is 9.01. The molecule has 0 bridgehead atoms. The van der Waals surface area contributed by atoms with Crippen molar-refractivity contribution in [3.63, 3.8) is 0 Å². The molecule has 1 aromatic heterocycles. The minimum Gasteiger partial charge on any atom is -0.338 e. The first-order valence-corrected chi connectivity index (χ1v) is 11.0. The topological polar surface area (TPSA) is 79.5 Å². The summed E-state index contributed by atoms with van der Waals surface area (Å²) in [6.07, 6.45) is 0. The monoisotopic (exact) mass is 452 g/mol. The molecule has 0 saturated carbocycles. The van der Waals surface area contributed by atoms with Gasteiger partial charge in [0.1, 0.15) is 4.90 Å². The van der Waals surface area contributed by atoms with Gasteiger partial charge in [-0.25, -0.2) is 21.6 Å². The number of benzene rings is 2. The van der Waals surface area contributed by atoms with Gasteiger partial charge in [0.2, 0.25) is 21.7 Å². The molecule has 31 heavy (non-hydrogen) atoms. The molecule has 1 aliphatic heterocycles. The van der Waals surface area contributed by atoms with E-state index in [4.69, 9.17) is 4.52 Å². The Morgan fingerprint density at radius 1 is 0.968 bits per heavy atom. The highest BCUT2D eigenvalue weighted by Crippen LogP contribution is 2.24. The number of halogens is 3. The van der Waals surface area contributed by atoms with E-state index in [1.54, 1.807) is 0 Å². The van der Waals surface area contributed by atoms with Gasteiger partial charge in [0, 0.05) is 31.7 Å². The van der Waals surface area contributed by atoms with Crippen molar-refractivity contribution in [1.29, 1.82) is 0 Å². The number of hydrogen-bond acceptors (Lipinski definition) is 6. The van der Waals surface area contributed by atoms with Crippen LogP contribution in [-0.4, -0.2) is 53.9 Å². The van der Waals surface area contributed by atoms with Crippen LogP contribution in [0.1, 0.15) is 11.5 Å². The minimum atomic E-state index is -4.29. The number of aryl methyl sites for hydroxylation is 1. The Kier molecular flexibility index (Phi) is 5.82. The van der Waals surface area contributed by atoms with Gasteiger partial charge in [-0.1, -0.05) is 35.0 Å². The lowest BCUT2D eigenvalue weighted by Crippen LogP contribution is -2.48. The molecule has 4 rings (SSSR count). The molecular formula is C20H19F3N4O3S. The molecule has 0 N–H and O–H groups in total. The first-order chi connectivity index (χ1) is 14.8. The van der Waals surface area contributed by atoms with Crippen molar-refractivity contribution >= 4 is 10.0 Å². The van der Waals surface area contributed by atoms with Gasteiger partial charge in [-0.3, -0.25) is 4.90 Å². The molecule has 0 radical (unpaired) electrons. The van der Waals surface area contributed by atoms with Crippen molar-refractivity contribution in [3.05, 3.63) is 65.3 Å². The molecule has 0 aliphatic carbocycles. The summed E-state index contributed by atoms with van der Waals surface area (Å²) in [5.74, 6) is -4.10. The molecule has 3 aromatic rings. The van der Waals surface area contributed by atoms with Crippen molar-refractivity contribution in [2.24, 2.45) is 0 Å². The van der Waals surface area contributed by atoms with Gasteiger partial charge in [-0.2, -0.15) is 9.29 Å². The van der Waals surface area contributed by atoms with Crippen molar-refractivity contribution in [1.82, 2.24) is 19.3 Å². The fourth-order valence-electron chi connectivity index (χ4n) is 3.30. The molecule has 0 atom stereocenters. The van der Waals surface area contributed by atoms with Gasteiger partial charge in [0.15, 0.2) is 17.5 Å². The van der Waals surface area contributed by atoms with Crippen molar-refractivity contribution < 1.29 is 26.1 Å². The second-order valence-electron chi connectivity index (χ2n) is 7.23. The SMILES string of the molecule is Cc1ccc(-c2noc(CN3CCN(S(=O)(=O)c4ccc(F)c(F)c4F)CC3)n2)cc1. The number of piperazine rings is 1. The van der Waals surface area contributed by atoms with Crippen LogP contribution in [0.2, 0.25) is 0 Å². The number of aromatic nitrogens is 2. The zero-order chi connectivity index (χ0) is 22.2. The third-order valence-corrected chi connectivity index (χ3v) is 7.00. The zero-order valence-corrected chi connectivity index (χ0v) is 17.4. The highest BCUT2D eigenvalue weighted by atomic mass is 32.2. The number of sulfonamides is 1. The lowest BCUT2D eigenvalue weighted by molar-refractivity contribution is 0.163. The molecule has 11 heteroatoms. The zero-order valence-electron chi connectivity index (χ0n) is 16.6. The smallest absolute Gasteiger partial charge is 0.246 e. The fraction of sp³-hybridized carbons (Fsp3) is 0.300. The molecule has 7 nitrogen and oxygen atoms in total. The average molecular weight is 452 g/mol. The molecule has 2 heterocycles. The van der Waals surface area contributed by atoms with Crippen molar-refractivity contribution in [3.8, 4) is 11.4 Å². The normalized spacial score (nSPS) is 16.0. The maximum absolute atomic E-state index is 14.0. The van der Waals surface area contributed by atoms with E-state index in [2.05, 4.69) is 10.1 Å². The van der Waals surface area contributed by atoms with Crippen LogP contribution in [0.3, 0.4) is 0 Å². The predicted octanol–water partition coefficient (Wildman–Crippen LogP) is 2.97. The van der Waals surface area contributed by atoms with E-state index in [1.807, 2.05) is 36.1 Å². The van der Waals surface area contributed by atoms with Crippen LogP contribution in [0.5, 0.6) is 0 Å². The Hall–Kier alpha value is -2.76. The highest BCUT2D eigenvalue weighted by Gasteiger charge is 2.32. The predicted molar refractivity (Wildman–Crippen MR) is 105 cm³/mol. The maximum Gasteiger partial charge on any atom is 0.246 e. The number of rotatable bonds is 5. The highest BCUT2D eigenvalue weighted by molar-refractivity contribution is 7.89. The first kappa shape index (κ1) is 21.5. The Labute approximate surface area is 177 Å². The largest absolute Gasteiger partial charge is 0.338 e. The summed E-state index contributed by atoms with van der Waals surface area (Å²) >= 11 is 0. The van der Waals surface area contributed by atoms with Crippen LogP contribution in [0.25, 0.3) is 11.4 Å². The summed E-state index contributed by atoms with van der Waals surface area (Å²) in [7, 11) is -4.29. The molecule has 2 aromatic carbocycles. The van der Waals surface area contributed by atoms with Gasteiger partial charge in [-0.15, -0.1) is 0 Å². The first-order valence-electron chi connectivity index (χ1n) is 9.51. The third-order valence-electron chi connectivity index (χ3n) is 5.09. The summed E-state index contributed by atoms with van der Waals surface area (Å²) in [5, 5.41) is 3.97. The Balaban J connectivity index is 1.40. The third kappa shape index (κ3) is 4.34. The molecule has 1 aliphatic rings. The number of nitrogens with zero attached hydrogens (tertiary/aromatic N) is 4. The molecular weight excluding hydrogens is 433 g/mol. The molecule has 1 fully saturated rings. The second kappa shape index (κ2) is 8.40. The Morgan fingerprint density at radius 3 is 2.32 bits per heavy atom. The van der Waals surface area contributed by atoms with E-state index in [-0.39, 0.29) is 13.1 Å². The molecule has 0 spiro atoms. The average Bonchev–Trinajstić information content (AvgIpc) is 3.21. The summed E-state index contributed by atoms with van der Waals surface area (Å²) in [4.78, 5) is 5.41. The number of hydrogen-bond donors (Lipinski definition) is 0. The van der Waals surface area contributed by atoms with Crippen LogP contribution in [-0.2, 0) is 16.6 Å². The van der Waals surface area contributed by atoms with Gasteiger partial charge in [0.25, 0.3) is 0 Å². The van der Waals surface area contributed by atoms with E-state index < -0.39 is 32.4 Å². The molecule has 0 amide bonds. The van der Waals surface area contributed by atoms with Gasteiger partial charge in [-0.05, 0) is 19.1 Å². The van der Waals surface area contributed by atoms with Crippen LogP contribution in [0, 0.1) is 24.4 Å². The van der Waals surface area contributed by atoms with Crippen LogP contribution < -0.4 is 0 Å². The van der Waals surface area contributed by atoms with E-state index in [0.717, 1.165) is 21.5 Å². The van der Waals surface area contributed by atoms with Crippen LogP contribution in [0.4, 0.5) is 13.2 Å². The fourth-order valence-corrected chi connectivity index (χ4v) is 4.78. The molecule has 164 valence electrons. The van der Waals surface area contributed by atoms with Gasteiger partial charge in [0.05, 0.1) is 6.54 Å². The standard InChI is InChI=1S/C20H19F3N4O3S/c1-13-2-4-14(5-3-13)20-24-17(30-25-20)12-26-8-10-27(11-9-26)31(28,29)16-7-6-15(21)18(22)19(16)23/h2-7H,8-12H2,1H3.